The Balaban J connectivity index is 0.00000220. The molecule has 0 aliphatic carbocycles. The van der Waals surface area contributed by atoms with Crippen molar-refractivity contribution < 1.29 is 9.84 Å². The summed E-state index contributed by atoms with van der Waals surface area (Å²) in [5.74, 6) is 0.664. The van der Waals surface area contributed by atoms with Crippen molar-refractivity contribution in [2.45, 2.75) is 33.0 Å². The minimum Gasteiger partial charge on any atom is -0.504 e. The van der Waals surface area contributed by atoms with Gasteiger partial charge in [0.05, 0.1) is 13.3 Å². The molecule has 0 aliphatic rings. The summed E-state index contributed by atoms with van der Waals surface area (Å²) in [6.07, 6.45) is 5.04. The Morgan fingerprint density at radius 3 is 2.76 bits per heavy atom. The zero-order chi connectivity index (χ0) is 14.4. The first kappa shape index (κ1) is 17.3. The molecule has 0 spiro atoms. The number of benzene rings is 1. The third kappa shape index (κ3) is 4.95. The molecule has 2 aromatic rings. The molecule has 0 bridgehead atoms. The molecule has 2 N–H and O–H groups in total. The van der Waals surface area contributed by atoms with Crippen LogP contribution in [0.15, 0.2) is 30.6 Å². The summed E-state index contributed by atoms with van der Waals surface area (Å²) in [5.41, 5.74) is 2.24. The van der Waals surface area contributed by atoms with Gasteiger partial charge in [0.2, 0.25) is 0 Å². The van der Waals surface area contributed by atoms with E-state index in [0.29, 0.717) is 5.75 Å². The number of ether oxygens (including phenoxy) is 1. The molecule has 0 aliphatic heterocycles. The lowest BCUT2D eigenvalue weighted by atomic mass is 10.2. The number of aromatic hydroxyl groups is 1. The highest BCUT2D eigenvalue weighted by Gasteiger charge is 2.03. The maximum Gasteiger partial charge on any atom is 0.160 e. The number of phenols is 1. The Hall–Kier alpha value is -1.72. The van der Waals surface area contributed by atoms with Crippen molar-refractivity contribution in [1.82, 2.24) is 15.1 Å². The zero-order valence-corrected chi connectivity index (χ0v) is 13.2. The summed E-state index contributed by atoms with van der Waals surface area (Å²) in [6.45, 7) is 4.58. The molecule has 2 rings (SSSR count). The number of nitrogens with one attached hydrogen (secondary N) is 1. The quantitative estimate of drug-likeness (QED) is 0.825. The number of aromatic nitrogens is 2. The minimum atomic E-state index is 0. The van der Waals surface area contributed by atoms with E-state index in [1.807, 2.05) is 23.0 Å². The van der Waals surface area contributed by atoms with Gasteiger partial charge in [0, 0.05) is 31.4 Å². The summed E-state index contributed by atoms with van der Waals surface area (Å²) in [5, 5.41) is 17.2. The van der Waals surface area contributed by atoms with E-state index >= 15 is 0 Å². The molecule has 0 amide bonds. The number of phenolic OH excluding ortho intramolecular Hbond substituents is 1. The van der Waals surface area contributed by atoms with Crippen LogP contribution >= 0.6 is 12.4 Å². The van der Waals surface area contributed by atoms with Gasteiger partial charge in [-0.3, -0.25) is 4.68 Å². The summed E-state index contributed by atoms with van der Waals surface area (Å²) < 4.78 is 7.05. The van der Waals surface area contributed by atoms with Crippen molar-refractivity contribution in [3.05, 3.63) is 41.7 Å². The van der Waals surface area contributed by atoms with E-state index in [1.54, 1.807) is 13.2 Å². The van der Waals surface area contributed by atoms with E-state index in [1.165, 1.54) is 5.56 Å². The molecule has 21 heavy (non-hydrogen) atoms. The van der Waals surface area contributed by atoms with E-state index in [-0.39, 0.29) is 18.2 Å². The van der Waals surface area contributed by atoms with Gasteiger partial charge in [-0.1, -0.05) is 13.0 Å². The van der Waals surface area contributed by atoms with Gasteiger partial charge >= 0.3 is 0 Å². The third-order valence-electron chi connectivity index (χ3n) is 3.04. The van der Waals surface area contributed by atoms with Crippen LogP contribution in [-0.4, -0.2) is 22.0 Å². The third-order valence-corrected chi connectivity index (χ3v) is 3.04. The fourth-order valence-electron chi connectivity index (χ4n) is 2.03. The summed E-state index contributed by atoms with van der Waals surface area (Å²) >= 11 is 0. The monoisotopic (exact) mass is 311 g/mol. The zero-order valence-electron chi connectivity index (χ0n) is 12.4. The lowest BCUT2D eigenvalue weighted by Crippen LogP contribution is -2.12. The fraction of sp³-hybridized carbons (Fsp3) is 0.400. The molecule has 1 aromatic heterocycles. The van der Waals surface area contributed by atoms with Crippen LogP contribution in [0.4, 0.5) is 0 Å². The van der Waals surface area contributed by atoms with E-state index in [4.69, 9.17) is 4.74 Å². The molecule has 0 saturated heterocycles. The number of hydrogen-bond acceptors (Lipinski definition) is 4. The first-order chi connectivity index (χ1) is 9.72. The van der Waals surface area contributed by atoms with Gasteiger partial charge in [-0.05, 0) is 24.1 Å². The lowest BCUT2D eigenvalue weighted by molar-refractivity contribution is 0.373. The lowest BCUT2D eigenvalue weighted by Gasteiger charge is -2.07. The molecule has 0 radical (unpaired) electrons. The second-order valence-corrected chi connectivity index (χ2v) is 4.72. The van der Waals surface area contributed by atoms with Crippen molar-refractivity contribution in [3.63, 3.8) is 0 Å². The molecule has 0 fully saturated rings. The predicted octanol–water partition coefficient (Wildman–Crippen LogP) is 2.72. The molecule has 1 heterocycles. The van der Waals surface area contributed by atoms with Gasteiger partial charge in [0.25, 0.3) is 0 Å². The van der Waals surface area contributed by atoms with Crippen LogP contribution in [0.2, 0.25) is 0 Å². The molecule has 6 heteroatoms. The van der Waals surface area contributed by atoms with Gasteiger partial charge in [-0.15, -0.1) is 12.4 Å². The standard InChI is InChI=1S/C15H21N3O2.ClH/c1-3-6-18-11-13(10-17-18)9-16-8-12-4-5-14(19)15(7-12)20-2;/h4-5,7,10-11,16,19H,3,6,8-9H2,1-2H3;1H. The number of aryl methyl sites for hydroxylation is 1. The van der Waals surface area contributed by atoms with Crippen molar-refractivity contribution in [3.8, 4) is 11.5 Å². The van der Waals surface area contributed by atoms with E-state index in [2.05, 4.69) is 23.5 Å². The highest BCUT2D eigenvalue weighted by atomic mass is 35.5. The average molecular weight is 312 g/mol. The summed E-state index contributed by atoms with van der Waals surface area (Å²) in [6, 6.07) is 5.36. The Morgan fingerprint density at radius 1 is 1.29 bits per heavy atom. The normalized spacial score (nSPS) is 10.2. The average Bonchev–Trinajstić information content (AvgIpc) is 2.89. The first-order valence-electron chi connectivity index (χ1n) is 6.81. The molecule has 0 atom stereocenters. The summed E-state index contributed by atoms with van der Waals surface area (Å²) in [7, 11) is 1.55. The van der Waals surface area contributed by atoms with Crippen LogP contribution in [0, 0.1) is 0 Å². The van der Waals surface area contributed by atoms with Crippen LogP contribution in [0.1, 0.15) is 24.5 Å². The van der Waals surface area contributed by atoms with Crippen LogP contribution in [0.3, 0.4) is 0 Å². The van der Waals surface area contributed by atoms with Crippen molar-refractivity contribution in [2.24, 2.45) is 0 Å². The Kier molecular flexibility index (Phi) is 7.05. The Labute approximate surface area is 131 Å². The second kappa shape index (κ2) is 8.54. The molecular weight excluding hydrogens is 290 g/mol. The molecule has 1 aromatic carbocycles. The predicted molar refractivity (Wildman–Crippen MR) is 85.0 cm³/mol. The van der Waals surface area contributed by atoms with Crippen LogP contribution in [0.5, 0.6) is 11.5 Å². The topological polar surface area (TPSA) is 59.3 Å². The first-order valence-corrected chi connectivity index (χ1v) is 6.81. The van der Waals surface area contributed by atoms with Crippen LogP contribution in [-0.2, 0) is 19.6 Å². The van der Waals surface area contributed by atoms with Gasteiger partial charge in [0.1, 0.15) is 0 Å². The van der Waals surface area contributed by atoms with Crippen molar-refractivity contribution in [1.29, 1.82) is 0 Å². The molecule has 5 nitrogen and oxygen atoms in total. The molecule has 0 unspecified atom stereocenters. The van der Waals surface area contributed by atoms with Gasteiger partial charge in [-0.2, -0.15) is 5.10 Å². The Morgan fingerprint density at radius 2 is 2.05 bits per heavy atom. The largest absolute Gasteiger partial charge is 0.504 e. The SMILES string of the molecule is CCCn1cc(CNCc2ccc(O)c(OC)c2)cn1.Cl. The van der Waals surface area contributed by atoms with Crippen molar-refractivity contribution in [2.75, 3.05) is 7.11 Å². The smallest absolute Gasteiger partial charge is 0.160 e. The van der Waals surface area contributed by atoms with Crippen LogP contribution < -0.4 is 10.1 Å². The number of halogens is 1. The Bertz CT molecular complexity index is 558. The highest BCUT2D eigenvalue weighted by molar-refractivity contribution is 5.85. The number of hydrogen-bond donors (Lipinski definition) is 2. The molecular formula is C15H22ClN3O2. The molecule has 116 valence electrons. The van der Waals surface area contributed by atoms with E-state index < -0.39 is 0 Å². The second-order valence-electron chi connectivity index (χ2n) is 4.72. The maximum atomic E-state index is 9.54. The van der Waals surface area contributed by atoms with Gasteiger partial charge in [0.15, 0.2) is 11.5 Å². The summed E-state index contributed by atoms with van der Waals surface area (Å²) in [4.78, 5) is 0. The number of nitrogens with zero attached hydrogens (tertiary/aromatic N) is 2. The fourth-order valence-corrected chi connectivity index (χ4v) is 2.03. The van der Waals surface area contributed by atoms with Gasteiger partial charge < -0.3 is 15.2 Å². The number of rotatable bonds is 7. The van der Waals surface area contributed by atoms with E-state index in [0.717, 1.165) is 31.6 Å². The minimum absolute atomic E-state index is 0. The van der Waals surface area contributed by atoms with E-state index in [9.17, 15) is 5.11 Å². The van der Waals surface area contributed by atoms with Crippen molar-refractivity contribution >= 4 is 12.4 Å². The molecule has 0 saturated carbocycles. The number of methoxy groups -OCH3 is 1. The highest BCUT2D eigenvalue weighted by Crippen LogP contribution is 2.26. The maximum absolute atomic E-state index is 9.54. The van der Waals surface area contributed by atoms with Gasteiger partial charge in [-0.25, -0.2) is 0 Å². The van der Waals surface area contributed by atoms with Crippen LogP contribution in [0.25, 0.3) is 0 Å².